The van der Waals surface area contributed by atoms with Gasteiger partial charge in [-0.2, -0.15) is 0 Å². The van der Waals surface area contributed by atoms with Crippen LogP contribution in [0.25, 0.3) is 10.8 Å². The van der Waals surface area contributed by atoms with Crippen LogP contribution in [0.2, 0.25) is 0 Å². The van der Waals surface area contributed by atoms with Crippen LogP contribution in [0, 0.1) is 5.41 Å². The summed E-state index contributed by atoms with van der Waals surface area (Å²) < 4.78 is 11.3. The lowest BCUT2D eigenvalue weighted by molar-refractivity contribution is 0.172. The lowest BCUT2D eigenvalue weighted by atomic mass is 10.0. The molecule has 1 N–H and O–H groups in total. The van der Waals surface area contributed by atoms with Crippen molar-refractivity contribution in [1.29, 1.82) is 0 Å². The van der Waals surface area contributed by atoms with Crippen molar-refractivity contribution in [3.05, 3.63) is 24.4 Å². The summed E-state index contributed by atoms with van der Waals surface area (Å²) in [5, 5.41) is 5.78. The molecule has 0 spiro atoms. The molecule has 0 saturated heterocycles. The second-order valence-corrected chi connectivity index (χ2v) is 6.08. The van der Waals surface area contributed by atoms with Crippen LogP contribution in [0.5, 0.6) is 11.5 Å². The third-order valence-electron chi connectivity index (χ3n) is 4.77. The minimum atomic E-state index is 0.498. The van der Waals surface area contributed by atoms with Crippen LogP contribution in [-0.4, -0.2) is 24.7 Å². The first kappa shape index (κ1) is 12.7. The molecule has 1 aliphatic carbocycles. The lowest BCUT2D eigenvalue weighted by Gasteiger charge is -2.20. The van der Waals surface area contributed by atoms with Crippen LogP contribution in [0.1, 0.15) is 26.2 Å². The summed E-state index contributed by atoms with van der Waals surface area (Å²) in [6.07, 6.45) is 5.74. The highest BCUT2D eigenvalue weighted by Gasteiger charge is 2.40. The number of hydrogen-bond acceptors (Lipinski definition) is 4. The van der Waals surface area contributed by atoms with Crippen molar-refractivity contribution >= 4 is 16.6 Å². The van der Waals surface area contributed by atoms with Gasteiger partial charge in [0.15, 0.2) is 11.5 Å². The number of rotatable bonds is 4. The highest BCUT2D eigenvalue weighted by molar-refractivity contribution is 5.94. The molecule has 1 aliphatic heterocycles. The van der Waals surface area contributed by atoms with E-state index in [1.165, 1.54) is 19.3 Å². The molecule has 0 radical (unpaired) electrons. The molecule has 2 aliphatic rings. The van der Waals surface area contributed by atoms with E-state index in [1.54, 1.807) is 0 Å². The van der Waals surface area contributed by atoms with E-state index >= 15 is 0 Å². The predicted octanol–water partition coefficient (Wildman–Crippen LogP) is 3.61. The maximum atomic E-state index is 5.68. The number of benzene rings is 1. The van der Waals surface area contributed by atoms with E-state index < -0.39 is 0 Å². The third kappa shape index (κ3) is 2.28. The Kier molecular flexibility index (Phi) is 2.91. The number of anilines is 1. The zero-order valence-corrected chi connectivity index (χ0v) is 12.3. The van der Waals surface area contributed by atoms with Crippen molar-refractivity contribution in [3.63, 3.8) is 0 Å². The zero-order chi connectivity index (χ0) is 14.3. The summed E-state index contributed by atoms with van der Waals surface area (Å²) in [4.78, 5) is 4.51. The van der Waals surface area contributed by atoms with Crippen molar-refractivity contribution in [1.82, 2.24) is 4.98 Å². The Hall–Kier alpha value is -1.97. The number of ether oxygens (including phenoxy) is 2. The van der Waals surface area contributed by atoms with Gasteiger partial charge in [-0.3, -0.25) is 0 Å². The Morgan fingerprint density at radius 2 is 1.95 bits per heavy atom. The van der Waals surface area contributed by atoms with Crippen LogP contribution >= 0.6 is 0 Å². The van der Waals surface area contributed by atoms with E-state index in [0.29, 0.717) is 18.6 Å². The average Bonchev–Trinajstić information content (AvgIpc) is 3.31. The first-order valence-corrected chi connectivity index (χ1v) is 7.72. The molecule has 2 aromatic rings. The zero-order valence-electron chi connectivity index (χ0n) is 12.3. The molecule has 4 nitrogen and oxygen atoms in total. The van der Waals surface area contributed by atoms with Crippen LogP contribution < -0.4 is 14.8 Å². The largest absolute Gasteiger partial charge is 0.486 e. The number of nitrogens with zero attached hydrogens (tertiary/aromatic N) is 1. The molecule has 21 heavy (non-hydrogen) atoms. The summed E-state index contributed by atoms with van der Waals surface area (Å²) in [6.45, 7) is 4.50. The minimum absolute atomic E-state index is 0.498. The molecular formula is C17H20N2O2. The Morgan fingerprint density at radius 3 is 2.67 bits per heavy atom. The van der Waals surface area contributed by atoms with Crippen molar-refractivity contribution in [2.75, 3.05) is 25.1 Å². The van der Waals surface area contributed by atoms with E-state index in [0.717, 1.165) is 34.6 Å². The van der Waals surface area contributed by atoms with Gasteiger partial charge in [0, 0.05) is 18.1 Å². The van der Waals surface area contributed by atoms with E-state index in [1.807, 2.05) is 24.4 Å². The molecule has 1 fully saturated rings. The van der Waals surface area contributed by atoms with E-state index in [4.69, 9.17) is 9.47 Å². The van der Waals surface area contributed by atoms with Gasteiger partial charge in [0.1, 0.15) is 19.0 Å². The molecular weight excluding hydrogens is 264 g/mol. The van der Waals surface area contributed by atoms with Gasteiger partial charge in [-0.15, -0.1) is 0 Å². The summed E-state index contributed by atoms with van der Waals surface area (Å²) >= 11 is 0. The molecule has 2 heterocycles. The molecule has 1 aromatic carbocycles. The highest BCUT2D eigenvalue weighted by atomic mass is 16.6. The molecule has 0 amide bonds. The molecule has 4 rings (SSSR count). The van der Waals surface area contributed by atoms with Gasteiger partial charge >= 0.3 is 0 Å². The van der Waals surface area contributed by atoms with Gasteiger partial charge in [0.2, 0.25) is 0 Å². The van der Waals surface area contributed by atoms with Crippen LogP contribution in [-0.2, 0) is 0 Å². The summed E-state index contributed by atoms with van der Waals surface area (Å²) in [5.41, 5.74) is 0.498. The SMILES string of the molecule is CCC1(CNc2nccc3cc4c(cc23)OCCO4)CC1. The molecule has 110 valence electrons. The maximum absolute atomic E-state index is 5.68. The number of fused-ring (bicyclic) bond motifs is 2. The van der Waals surface area contributed by atoms with Gasteiger partial charge in [0.05, 0.1) is 0 Å². The molecule has 1 saturated carbocycles. The molecule has 0 bridgehead atoms. The van der Waals surface area contributed by atoms with Gasteiger partial charge in [0.25, 0.3) is 0 Å². The van der Waals surface area contributed by atoms with Crippen LogP contribution in [0.4, 0.5) is 5.82 Å². The molecule has 4 heteroatoms. The fourth-order valence-corrected chi connectivity index (χ4v) is 2.95. The van der Waals surface area contributed by atoms with Crippen molar-refractivity contribution in [2.45, 2.75) is 26.2 Å². The third-order valence-corrected chi connectivity index (χ3v) is 4.77. The standard InChI is InChI=1S/C17H20N2O2/c1-2-17(4-5-17)11-19-16-13-10-15-14(20-7-8-21-15)9-12(13)3-6-18-16/h3,6,9-10H,2,4-5,7-8,11H2,1H3,(H,18,19). The van der Waals surface area contributed by atoms with Crippen molar-refractivity contribution < 1.29 is 9.47 Å². The maximum Gasteiger partial charge on any atom is 0.162 e. The number of nitrogens with one attached hydrogen (secondary N) is 1. The smallest absolute Gasteiger partial charge is 0.162 e. The Bertz CT molecular complexity index is 680. The van der Waals surface area contributed by atoms with Crippen molar-refractivity contribution in [3.8, 4) is 11.5 Å². The Morgan fingerprint density at radius 1 is 1.19 bits per heavy atom. The van der Waals surface area contributed by atoms with Crippen LogP contribution in [0.15, 0.2) is 24.4 Å². The van der Waals surface area contributed by atoms with Gasteiger partial charge < -0.3 is 14.8 Å². The fraction of sp³-hybridized carbons (Fsp3) is 0.471. The van der Waals surface area contributed by atoms with E-state index in [9.17, 15) is 0 Å². The molecule has 0 atom stereocenters. The van der Waals surface area contributed by atoms with Gasteiger partial charge in [-0.1, -0.05) is 6.92 Å². The number of pyridine rings is 1. The van der Waals surface area contributed by atoms with E-state index in [2.05, 4.69) is 17.2 Å². The van der Waals surface area contributed by atoms with E-state index in [-0.39, 0.29) is 0 Å². The second-order valence-electron chi connectivity index (χ2n) is 6.08. The number of hydrogen-bond donors (Lipinski definition) is 1. The van der Waals surface area contributed by atoms with Gasteiger partial charge in [-0.25, -0.2) is 4.98 Å². The summed E-state index contributed by atoms with van der Waals surface area (Å²) in [7, 11) is 0. The average molecular weight is 284 g/mol. The monoisotopic (exact) mass is 284 g/mol. The lowest BCUT2D eigenvalue weighted by Crippen LogP contribution is -2.16. The summed E-state index contributed by atoms with van der Waals surface area (Å²) in [6, 6.07) is 6.11. The molecule has 0 unspecified atom stereocenters. The topological polar surface area (TPSA) is 43.4 Å². The highest BCUT2D eigenvalue weighted by Crippen LogP contribution is 2.48. The van der Waals surface area contributed by atoms with Gasteiger partial charge in [-0.05, 0) is 48.3 Å². The second kappa shape index (κ2) is 4.79. The molecule has 1 aromatic heterocycles. The fourth-order valence-electron chi connectivity index (χ4n) is 2.95. The first-order chi connectivity index (χ1) is 10.3. The van der Waals surface area contributed by atoms with Crippen molar-refractivity contribution in [2.24, 2.45) is 5.41 Å². The normalized spacial score (nSPS) is 18.5. The number of aromatic nitrogens is 1. The summed E-state index contributed by atoms with van der Waals surface area (Å²) in [5.74, 6) is 2.60. The Labute approximate surface area is 124 Å². The quantitative estimate of drug-likeness (QED) is 0.931. The predicted molar refractivity (Wildman–Crippen MR) is 83.2 cm³/mol. The minimum Gasteiger partial charge on any atom is -0.486 e. The Balaban J connectivity index is 1.68. The first-order valence-electron chi connectivity index (χ1n) is 7.72. The van der Waals surface area contributed by atoms with Crippen LogP contribution in [0.3, 0.4) is 0 Å².